The summed E-state index contributed by atoms with van der Waals surface area (Å²) in [5, 5.41) is 4.06. The highest BCUT2D eigenvalue weighted by Gasteiger charge is 2.18. The number of nitrogens with one attached hydrogen (secondary N) is 1. The van der Waals surface area contributed by atoms with Crippen molar-refractivity contribution in [2.75, 3.05) is 26.3 Å². The van der Waals surface area contributed by atoms with Crippen LogP contribution in [0.1, 0.15) is 11.1 Å². The van der Waals surface area contributed by atoms with Crippen LogP contribution in [0, 0.1) is 0 Å². The lowest BCUT2D eigenvalue weighted by molar-refractivity contribution is 0.0342. The number of aromatic amines is 1. The fourth-order valence-corrected chi connectivity index (χ4v) is 4.49. The zero-order valence-electron chi connectivity index (χ0n) is 18.4. The van der Waals surface area contributed by atoms with E-state index >= 15 is 0 Å². The van der Waals surface area contributed by atoms with E-state index in [2.05, 4.69) is 22.1 Å². The van der Waals surface area contributed by atoms with Crippen LogP contribution in [0.15, 0.2) is 64.2 Å². The first-order chi connectivity index (χ1) is 16.0. The van der Waals surface area contributed by atoms with E-state index in [4.69, 9.17) is 16.3 Å². The van der Waals surface area contributed by atoms with Crippen molar-refractivity contribution in [2.24, 2.45) is 7.05 Å². The molecule has 1 saturated heterocycles. The Balaban J connectivity index is 1.54. The first-order valence-electron chi connectivity index (χ1n) is 11.0. The van der Waals surface area contributed by atoms with Crippen LogP contribution in [-0.2, 0) is 24.9 Å². The van der Waals surface area contributed by atoms with E-state index in [0.717, 1.165) is 44.0 Å². The maximum Gasteiger partial charge on any atom is 0.276 e. The molecule has 0 saturated carbocycles. The Hall–Kier alpha value is -3.13. The Bertz CT molecular complexity index is 1400. The third-order valence-corrected chi connectivity index (χ3v) is 6.36. The zero-order chi connectivity index (χ0) is 22.9. The van der Waals surface area contributed by atoms with Crippen LogP contribution in [0.5, 0.6) is 0 Å². The Morgan fingerprint density at radius 2 is 1.58 bits per heavy atom. The molecule has 1 fully saturated rings. The number of morpholine rings is 1. The van der Waals surface area contributed by atoms with Crippen molar-refractivity contribution >= 4 is 22.5 Å². The average molecular weight is 465 g/mol. The Kier molecular flexibility index (Phi) is 5.93. The summed E-state index contributed by atoms with van der Waals surface area (Å²) in [5.74, 6) is 0. The summed E-state index contributed by atoms with van der Waals surface area (Å²) in [6, 6.07) is 17.0. The number of halogens is 1. The van der Waals surface area contributed by atoms with Crippen LogP contribution >= 0.6 is 11.6 Å². The van der Waals surface area contributed by atoms with Gasteiger partial charge in [-0.2, -0.15) is 0 Å². The summed E-state index contributed by atoms with van der Waals surface area (Å²) >= 11 is 6.09. The van der Waals surface area contributed by atoms with E-state index in [-0.39, 0.29) is 11.1 Å². The molecule has 2 aromatic carbocycles. The standard InChI is InChI=1S/C25H25ClN4O3/c1-28-25(32)23-21(27-28)14-22(31)30(24(23)19-6-8-20(26)9-7-19)16-18-4-2-17(3-5-18)15-29-10-12-33-13-11-29/h2-9,14,27H,10-13,15-16H2,1H3. The molecule has 0 spiro atoms. The molecule has 0 bridgehead atoms. The molecular formula is C25H25ClN4O3. The molecule has 5 rings (SSSR count). The maximum absolute atomic E-state index is 13.1. The Morgan fingerprint density at radius 3 is 2.24 bits per heavy atom. The van der Waals surface area contributed by atoms with E-state index in [1.165, 1.54) is 16.3 Å². The molecule has 3 heterocycles. The number of aromatic nitrogens is 3. The van der Waals surface area contributed by atoms with Crippen molar-refractivity contribution in [3.63, 3.8) is 0 Å². The number of nitrogens with zero attached hydrogens (tertiary/aromatic N) is 3. The van der Waals surface area contributed by atoms with Crippen molar-refractivity contribution < 1.29 is 4.74 Å². The van der Waals surface area contributed by atoms with E-state index < -0.39 is 0 Å². The monoisotopic (exact) mass is 464 g/mol. The second-order valence-corrected chi connectivity index (χ2v) is 8.83. The van der Waals surface area contributed by atoms with Gasteiger partial charge in [-0.05, 0) is 28.8 Å². The van der Waals surface area contributed by atoms with Crippen LogP contribution in [0.4, 0.5) is 0 Å². The molecule has 2 aromatic heterocycles. The number of pyridine rings is 1. The molecule has 0 unspecified atom stereocenters. The van der Waals surface area contributed by atoms with Gasteiger partial charge in [0.15, 0.2) is 0 Å². The summed E-state index contributed by atoms with van der Waals surface area (Å²) in [7, 11) is 1.65. The van der Waals surface area contributed by atoms with Crippen molar-refractivity contribution in [3.05, 3.63) is 91.5 Å². The SMILES string of the molecule is Cn1[nH]c2cc(=O)n(Cc3ccc(CN4CCOCC4)cc3)c(-c3ccc(Cl)cc3)c2c1=O. The lowest BCUT2D eigenvalue weighted by atomic mass is 10.1. The largest absolute Gasteiger partial charge is 0.379 e. The van der Waals surface area contributed by atoms with Crippen LogP contribution in [0.3, 0.4) is 0 Å². The van der Waals surface area contributed by atoms with Gasteiger partial charge >= 0.3 is 0 Å². The molecule has 170 valence electrons. The minimum Gasteiger partial charge on any atom is -0.379 e. The molecule has 7 nitrogen and oxygen atoms in total. The Labute approximate surface area is 195 Å². The molecule has 1 N–H and O–H groups in total. The van der Waals surface area contributed by atoms with Gasteiger partial charge in [0.25, 0.3) is 11.1 Å². The van der Waals surface area contributed by atoms with Crippen LogP contribution in [0.2, 0.25) is 5.02 Å². The minimum atomic E-state index is -0.176. The van der Waals surface area contributed by atoms with Crippen molar-refractivity contribution in [1.29, 1.82) is 0 Å². The number of hydrogen-bond acceptors (Lipinski definition) is 4. The number of benzene rings is 2. The van der Waals surface area contributed by atoms with Crippen LogP contribution in [-0.4, -0.2) is 45.6 Å². The van der Waals surface area contributed by atoms with Gasteiger partial charge in [-0.25, -0.2) is 0 Å². The third kappa shape index (κ3) is 4.39. The van der Waals surface area contributed by atoms with E-state index in [1.54, 1.807) is 23.7 Å². The molecule has 1 aliphatic rings. The smallest absolute Gasteiger partial charge is 0.276 e. The highest BCUT2D eigenvalue weighted by atomic mass is 35.5. The number of hydrogen-bond donors (Lipinski definition) is 1. The molecule has 0 aliphatic carbocycles. The predicted molar refractivity (Wildman–Crippen MR) is 130 cm³/mol. The molecule has 0 amide bonds. The number of ether oxygens (including phenoxy) is 1. The molecular weight excluding hydrogens is 440 g/mol. The highest BCUT2D eigenvalue weighted by molar-refractivity contribution is 6.30. The van der Waals surface area contributed by atoms with Gasteiger partial charge in [-0.15, -0.1) is 0 Å². The number of rotatable bonds is 5. The normalized spacial score (nSPS) is 14.7. The average Bonchev–Trinajstić information content (AvgIpc) is 3.10. The maximum atomic E-state index is 13.1. The highest BCUT2D eigenvalue weighted by Crippen LogP contribution is 2.26. The summed E-state index contributed by atoms with van der Waals surface area (Å²) in [6.07, 6.45) is 0. The van der Waals surface area contributed by atoms with Crippen LogP contribution in [0.25, 0.3) is 22.2 Å². The first-order valence-corrected chi connectivity index (χ1v) is 11.3. The molecule has 33 heavy (non-hydrogen) atoms. The summed E-state index contributed by atoms with van der Waals surface area (Å²) in [4.78, 5) is 28.4. The fourth-order valence-electron chi connectivity index (χ4n) is 4.37. The topological polar surface area (TPSA) is 72.3 Å². The summed E-state index contributed by atoms with van der Waals surface area (Å²) < 4.78 is 8.48. The molecule has 4 aromatic rings. The summed E-state index contributed by atoms with van der Waals surface area (Å²) in [6.45, 7) is 4.66. The van der Waals surface area contributed by atoms with Crippen molar-refractivity contribution in [2.45, 2.75) is 13.1 Å². The summed E-state index contributed by atoms with van der Waals surface area (Å²) in [5.41, 5.74) is 3.74. The second-order valence-electron chi connectivity index (χ2n) is 8.39. The third-order valence-electron chi connectivity index (χ3n) is 6.11. The number of aryl methyl sites for hydroxylation is 1. The van der Waals surface area contributed by atoms with Gasteiger partial charge in [0, 0.05) is 37.8 Å². The minimum absolute atomic E-state index is 0.174. The fraction of sp³-hybridized carbons (Fsp3) is 0.280. The van der Waals surface area contributed by atoms with Gasteiger partial charge in [-0.1, -0.05) is 48.0 Å². The van der Waals surface area contributed by atoms with Gasteiger partial charge in [-0.3, -0.25) is 24.3 Å². The second kappa shape index (κ2) is 9.02. The zero-order valence-corrected chi connectivity index (χ0v) is 19.1. The predicted octanol–water partition coefficient (Wildman–Crippen LogP) is 3.23. The number of H-pyrrole nitrogens is 1. The van der Waals surface area contributed by atoms with E-state index in [0.29, 0.717) is 28.2 Å². The Morgan fingerprint density at radius 1 is 0.939 bits per heavy atom. The molecule has 1 aliphatic heterocycles. The van der Waals surface area contributed by atoms with Gasteiger partial charge < -0.3 is 9.30 Å². The number of fused-ring (bicyclic) bond motifs is 1. The molecule has 8 heteroatoms. The van der Waals surface area contributed by atoms with Gasteiger partial charge in [0.2, 0.25) is 0 Å². The lowest BCUT2D eigenvalue weighted by Crippen LogP contribution is -2.35. The van der Waals surface area contributed by atoms with E-state index in [1.807, 2.05) is 24.3 Å². The van der Waals surface area contributed by atoms with Crippen LogP contribution < -0.4 is 11.1 Å². The molecule has 0 radical (unpaired) electrons. The van der Waals surface area contributed by atoms with Crippen molar-refractivity contribution in [3.8, 4) is 11.3 Å². The van der Waals surface area contributed by atoms with Gasteiger partial charge in [0.1, 0.15) is 0 Å². The van der Waals surface area contributed by atoms with E-state index in [9.17, 15) is 9.59 Å². The van der Waals surface area contributed by atoms with Crippen molar-refractivity contribution in [1.82, 2.24) is 19.2 Å². The first kappa shape index (κ1) is 21.7. The molecule has 0 atom stereocenters. The quantitative estimate of drug-likeness (QED) is 0.492. The lowest BCUT2D eigenvalue weighted by Gasteiger charge is -2.26. The van der Waals surface area contributed by atoms with Gasteiger partial charge in [0.05, 0.1) is 36.4 Å².